The van der Waals surface area contributed by atoms with E-state index in [9.17, 15) is 5.11 Å². The van der Waals surface area contributed by atoms with Crippen molar-refractivity contribution >= 4 is 22.8 Å². The molecule has 0 radical (unpaired) electrons. The highest BCUT2D eigenvalue weighted by atomic mass is 32.2. The molecular weight excluding hydrogens is 248 g/mol. The first-order valence-electron chi connectivity index (χ1n) is 6.16. The number of aromatic nitrogens is 2. The fourth-order valence-corrected chi connectivity index (χ4v) is 2.51. The highest BCUT2D eigenvalue weighted by molar-refractivity contribution is 7.99. The van der Waals surface area contributed by atoms with Crippen LogP contribution in [0.3, 0.4) is 0 Å². The summed E-state index contributed by atoms with van der Waals surface area (Å²) in [4.78, 5) is 7.70. The van der Waals surface area contributed by atoms with Gasteiger partial charge in [0, 0.05) is 11.8 Å². The summed E-state index contributed by atoms with van der Waals surface area (Å²) in [6, 6.07) is 5.81. The molecule has 2 rings (SSSR count). The summed E-state index contributed by atoms with van der Waals surface area (Å²) in [7, 11) is 0. The average molecular weight is 266 g/mol. The van der Waals surface area contributed by atoms with Crippen molar-refractivity contribution in [1.29, 1.82) is 0 Å². The van der Waals surface area contributed by atoms with Crippen LogP contribution >= 0.6 is 11.8 Å². The van der Waals surface area contributed by atoms with Crippen molar-refractivity contribution in [3.05, 3.63) is 18.2 Å². The third-order valence-corrected chi connectivity index (χ3v) is 3.64. The summed E-state index contributed by atoms with van der Waals surface area (Å²) in [6.07, 6.45) is 0.490. The van der Waals surface area contributed by atoms with Gasteiger partial charge in [-0.2, -0.15) is 0 Å². The molecule has 0 aliphatic carbocycles. The highest BCUT2D eigenvalue weighted by Gasteiger charge is 2.07. The summed E-state index contributed by atoms with van der Waals surface area (Å²) >= 11 is 1.54. The van der Waals surface area contributed by atoms with Crippen molar-refractivity contribution in [1.82, 2.24) is 9.97 Å². The molecule has 0 aliphatic rings. The van der Waals surface area contributed by atoms with Crippen LogP contribution in [0.25, 0.3) is 11.0 Å². The van der Waals surface area contributed by atoms with Gasteiger partial charge in [0.05, 0.1) is 23.7 Å². The number of benzene rings is 1. The van der Waals surface area contributed by atoms with Gasteiger partial charge in [0.1, 0.15) is 5.75 Å². The van der Waals surface area contributed by atoms with Crippen molar-refractivity contribution in [2.45, 2.75) is 31.5 Å². The van der Waals surface area contributed by atoms with Crippen molar-refractivity contribution in [2.24, 2.45) is 0 Å². The van der Waals surface area contributed by atoms with Crippen LogP contribution in [0.2, 0.25) is 0 Å². The van der Waals surface area contributed by atoms with E-state index in [0.717, 1.165) is 28.4 Å². The molecule has 0 saturated carbocycles. The Kier molecular flexibility index (Phi) is 4.49. The van der Waals surface area contributed by atoms with E-state index in [0.29, 0.717) is 12.4 Å². The number of imidazole rings is 1. The van der Waals surface area contributed by atoms with E-state index in [4.69, 9.17) is 4.74 Å². The summed E-state index contributed by atoms with van der Waals surface area (Å²) < 4.78 is 5.44. The molecule has 0 spiro atoms. The molecule has 1 unspecified atom stereocenters. The first kappa shape index (κ1) is 13.2. The zero-order valence-corrected chi connectivity index (χ0v) is 11.5. The van der Waals surface area contributed by atoms with Gasteiger partial charge in [-0.25, -0.2) is 4.98 Å². The maximum Gasteiger partial charge on any atom is 0.166 e. The Morgan fingerprint density at radius 1 is 1.44 bits per heavy atom. The number of fused-ring (bicyclic) bond motifs is 1. The van der Waals surface area contributed by atoms with Crippen molar-refractivity contribution in [2.75, 3.05) is 12.4 Å². The quantitative estimate of drug-likeness (QED) is 0.789. The van der Waals surface area contributed by atoms with Gasteiger partial charge in [0.2, 0.25) is 0 Å². The molecule has 5 heteroatoms. The molecule has 1 heterocycles. The molecule has 18 heavy (non-hydrogen) atoms. The Hall–Kier alpha value is -1.20. The van der Waals surface area contributed by atoms with E-state index in [2.05, 4.69) is 9.97 Å². The Balaban J connectivity index is 2.11. The zero-order chi connectivity index (χ0) is 13.0. The largest absolute Gasteiger partial charge is 0.494 e. The third kappa shape index (κ3) is 3.17. The van der Waals surface area contributed by atoms with Crippen molar-refractivity contribution < 1.29 is 9.84 Å². The minimum Gasteiger partial charge on any atom is -0.494 e. The van der Waals surface area contributed by atoms with E-state index in [1.165, 1.54) is 0 Å². The van der Waals surface area contributed by atoms with Gasteiger partial charge >= 0.3 is 0 Å². The van der Waals surface area contributed by atoms with Gasteiger partial charge in [-0.05, 0) is 25.5 Å². The van der Waals surface area contributed by atoms with E-state index in [-0.39, 0.29) is 6.10 Å². The predicted octanol–water partition coefficient (Wildman–Crippen LogP) is 2.82. The SMILES string of the molecule is CCOc1ccc2nc(SCC(O)CC)[nH]c2c1. The number of nitrogens with zero attached hydrogens (tertiary/aromatic N) is 1. The first-order valence-corrected chi connectivity index (χ1v) is 7.15. The molecule has 0 amide bonds. The molecule has 0 bridgehead atoms. The lowest BCUT2D eigenvalue weighted by atomic mass is 10.3. The van der Waals surface area contributed by atoms with Gasteiger partial charge in [0.25, 0.3) is 0 Å². The molecule has 2 aromatic rings. The number of aliphatic hydroxyl groups excluding tert-OH is 1. The average Bonchev–Trinajstić information content (AvgIpc) is 2.78. The third-order valence-electron chi connectivity index (χ3n) is 2.63. The monoisotopic (exact) mass is 266 g/mol. The van der Waals surface area contributed by atoms with Crippen LogP contribution in [0, 0.1) is 0 Å². The maximum absolute atomic E-state index is 9.53. The summed E-state index contributed by atoms with van der Waals surface area (Å²) in [5, 5.41) is 10.4. The molecule has 1 aromatic carbocycles. The van der Waals surface area contributed by atoms with Crippen LogP contribution in [-0.4, -0.2) is 33.5 Å². The fourth-order valence-electron chi connectivity index (χ4n) is 1.58. The molecule has 0 fully saturated rings. The second kappa shape index (κ2) is 6.11. The lowest BCUT2D eigenvalue weighted by Gasteiger charge is -2.03. The lowest BCUT2D eigenvalue weighted by molar-refractivity contribution is 0.195. The number of thioether (sulfide) groups is 1. The second-order valence-corrected chi connectivity index (χ2v) is 5.04. The Bertz CT molecular complexity index is 513. The number of nitrogens with one attached hydrogen (secondary N) is 1. The Labute approximate surface area is 111 Å². The number of aromatic amines is 1. The van der Waals surface area contributed by atoms with Gasteiger partial charge in [-0.15, -0.1) is 0 Å². The molecule has 2 N–H and O–H groups in total. The second-order valence-electron chi connectivity index (χ2n) is 4.03. The lowest BCUT2D eigenvalue weighted by Crippen LogP contribution is -2.07. The summed E-state index contributed by atoms with van der Waals surface area (Å²) in [6.45, 7) is 4.59. The van der Waals surface area contributed by atoms with Gasteiger partial charge in [-0.1, -0.05) is 18.7 Å². The van der Waals surface area contributed by atoms with Crippen LogP contribution in [0.1, 0.15) is 20.3 Å². The topological polar surface area (TPSA) is 58.1 Å². The first-order chi connectivity index (χ1) is 8.72. The van der Waals surface area contributed by atoms with Gasteiger partial charge in [-0.3, -0.25) is 0 Å². The van der Waals surface area contributed by atoms with Gasteiger partial charge < -0.3 is 14.8 Å². The van der Waals surface area contributed by atoms with Crippen LogP contribution in [0.15, 0.2) is 23.4 Å². The van der Waals surface area contributed by atoms with E-state index in [1.807, 2.05) is 32.0 Å². The summed E-state index contributed by atoms with van der Waals surface area (Å²) in [5.41, 5.74) is 1.89. The van der Waals surface area contributed by atoms with Crippen LogP contribution in [0.4, 0.5) is 0 Å². The Morgan fingerprint density at radius 3 is 3.00 bits per heavy atom. The highest BCUT2D eigenvalue weighted by Crippen LogP contribution is 2.23. The number of rotatable bonds is 6. The van der Waals surface area contributed by atoms with Crippen molar-refractivity contribution in [3.8, 4) is 5.75 Å². The number of H-pyrrole nitrogens is 1. The smallest absolute Gasteiger partial charge is 0.166 e. The minimum absolute atomic E-state index is 0.276. The molecule has 1 atom stereocenters. The molecule has 98 valence electrons. The molecule has 1 aromatic heterocycles. The van der Waals surface area contributed by atoms with Crippen LogP contribution in [-0.2, 0) is 0 Å². The van der Waals surface area contributed by atoms with Crippen molar-refractivity contribution in [3.63, 3.8) is 0 Å². The predicted molar refractivity (Wildman–Crippen MR) is 74.3 cm³/mol. The minimum atomic E-state index is -0.276. The number of hydrogen-bond donors (Lipinski definition) is 2. The van der Waals surface area contributed by atoms with Gasteiger partial charge in [0.15, 0.2) is 5.16 Å². The summed E-state index contributed by atoms with van der Waals surface area (Å²) in [5.74, 6) is 1.51. The number of ether oxygens (including phenoxy) is 1. The molecular formula is C13H18N2O2S. The zero-order valence-electron chi connectivity index (χ0n) is 10.6. The maximum atomic E-state index is 9.53. The van der Waals surface area contributed by atoms with E-state index < -0.39 is 0 Å². The van der Waals surface area contributed by atoms with Crippen LogP contribution < -0.4 is 4.74 Å². The standard InChI is InChI=1S/C13H18N2O2S/c1-3-9(16)8-18-13-14-11-6-5-10(17-4-2)7-12(11)15-13/h5-7,9,16H,3-4,8H2,1-2H3,(H,14,15). The number of hydrogen-bond acceptors (Lipinski definition) is 4. The molecule has 0 aliphatic heterocycles. The number of aliphatic hydroxyl groups is 1. The fraction of sp³-hybridized carbons (Fsp3) is 0.462. The molecule has 4 nitrogen and oxygen atoms in total. The molecule has 0 saturated heterocycles. The van der Waals surface area contributed by atoms with Crippen LogP contribution in [0.5, 0.6) is 5.75 Å². The van der Waals surface area contributed by atoms with E-state index >= 15 is 0 Å². The normalized spacial score (nSPS) is 12.8. The van der Waals surface area contributed by atoms with E-state index in [1.54, 1.807) is 11.8 Å². The Morgan fingerprint density at radius 2 is 2.28 bits per heavy atom.